The van der Waals surface area contributed by atoms with Crippen LogP contribution in [0.5, 0.6) is 17.2 Å². The minimum absolute atomic E-state index is 0.0186. The molecule has 1 heterocycles. The quantitative estimate of drug-likeness (QED) is 0.491. The van der Waals surface area contributed by atoms with Gasteiger partial charge in [0.05, 0.1) is 27.9 Å². The first-order valence-corrected chi connectivity index (χ1v) is 9.85. The van der Waals surface area contributed by atoms with E-state index in [1.54, 1.807) is 31.2 Å². The number of amides is 1. The van der Waals surface area contributed by atoms with Crippen LogP contribution < -0.4 is 19.5 Å². The number of hydrogen-bond donors (Lipinski definition) is 1. The fourth-order valence-corrected chi connectivity index (χ4v) is 3.09. The molecule has 1 aromatic heterocycles. The van der Waals surface area contributed by atoms with Crippen molar-refractivity contribution in [3.63, 3.8) is 0 Å². The molecule has 1 amide bonds. The van der Waals surface area contributed by atoms with E-state index in [-0.39, 0.29) is 29.3 Å². The number of aromatic nitrogens is 1. The first kappa shape index (κ1) is 23.0. The van der Waals surface area contributed by atoms with Crippen LogP contribution in [0.2, 0.25) is 5.02 Å². The summed E-state index contributed by atoms with van der Waals surface area (Å²) in [6, 6.07) is 9.58. The van der Waals surface area contributed by atoms with Crippen molar-refractivity contribution in [3.8, 4) is 28.5 Å². The highest BCUT2D eigenvalue weighted by molar-refractivity contribution is 6.30. The topological polar surface area (TPSA) is 109 Å². The number of hydrogen-bond acceptors (Lipinski definition) is 8. The first-order valence-electron chi connectivity index (χ1n) is 9.47. The minimum Gasteiger partial charge on any atom is -0.493 e. The number of anilines is 1. The zero-order valence-corrected chi connectivity index (χ0v) is 18.6. The second kappa shape index (κ2) is 10.1. The zero-order valence-electron chi connectivity index (χ0n) is 17.9. The third-order valence-corrected chi connectivity index (χ3v) is 4.70. The molecular formula is C22H21ClN2O7. The molecule has 0 saturated heterocycles. The molecule has 0 fully saturated rings. The summed E-state index contributed by atoms with van der Waals surface area (Å²) in [5, 5.41) is 7.04. The lowest BCUT2D eigenvalue weighted by Crippen LogP contribution is -2.15. The number of nitrogens with one attached hydrogen (secondary N) is 1. The Morgan fingerprint density at radius 2 is 1.66 bits per heavy atom. The molecule has 2 aromatic carbocycles. The first-order chi connectivity index (χ1) is 15.4. The number of nitrogens with zero attached hydrogens (tertiary/aromatic N) is 1. The second-order valence-corrected chi connectivity index (χ2v) is 6.77. The maximum Gasteiger partial charge on any atom is 0.346 e. The van der Waals surface area contributed by atoms with E-state index in [4.69, 9.17) is 35.1 Å². The van der Waals surface area contributed by atoms with Gasteiger partial charge in [-0.2, -0.15) is 0 Å². The Labute approximate surface area is 189 Å². The number of rotatable bonds is 8. The van der Waals surface area contributed by atoms with E-state index < -0.39 is 11.9 Å². The Balaban J connectivity index is 2.01. The molecule has 168 valence electrons. The monoisotopic (exact) mass is 460 g/mol. The second-order valence-electron chi connectivity index (χ2n) is 6.33. The molecule has 10 heteroatoms. The molecular weight excluding hydrogens is 440 g/mol. The van der Waals surface area contributed by atoms with Crippen LogP contribution >= 0.6 is 11.6 Å². The maximum absolute atomic E-state index is 13.0. The lowest BCUT2D eigenvalue weighted by molar-refractivity contribution is 0.0528. The number of esters is 1. The van der Waals surface area contributed by atoms with Crippen molar-refractivity contribution in [1.82, 2.24) is 5.16 Å². The fraction of sp³-hybridized carbons (Fsp3) is 0.227. The van der Waals surface area contributed by atoms with Gasteiger partial charge in [-0.1, -0.05) is 28.9 Å². The molecule has 0 atom stereocenters. The van der Waals surface area contributed by atoms with Gasteiger partial charge in [0.1, 0.15) is 5.69 Å². The van der Waals surface area contributed by atoms with E-state index in [1.165, 1.54) is 33.5 Å². The van der Waals surface area contributed by atoms with Crippen molar-refractivity contribution in [2.75, 3.05) is 33.3 Å². The van der Waals surface area contributed by atoms with Gasteiger partial charge in [-0.05, 0) is 31.2 Å². The summed E-state index contributed by atoms with van der Waals surface area (Å²) in [6.07, 6.45) is 0. The highest BCUT2D eigenvalue weighted by Gasteiger charge is 2.27. The largest absolute Gasteiger partial charge is 0.493 e. The Kier molecular flexibility index (Phi) is 7.21. The fourth-order valence-electron chi connectivity index (χ4n) is 2.96. The van der Waals surface area contributed by atoms with Crippen molar-refractivity contribution in [2.45, 2.75) is 6.92 Å². The van der Waals surface area contributed by atoms with Crippen LogP contribution in [0.3, 0.4) is 0 Å². The summed E-state index contributed by atoms with van der Waals surface area (Å²) < 4.78 is 26.3. The van der Waals surface area contributed by atoms with E-state index >= 15 is 0 Å². The molecule has 0 aliphatic rings. The maximum atomic E-state index is 13.0. The highest BCUT2D eigenvalue weighted by atomic mass is 35.5. The molecule has 0 aliphatic heterocycles. The molecule has 1 N–H and O–H groups in total. The Morgan fingerprint density at radius 3 is 2.19 bits per heavy atom. The number of carbonyl (C=O) groups is 2. The summed E-state index contributed by atoms with van der Waals surface area (Å²) in [6.45, 7) is 1.80. The normalized spacial score (nSPS) is 10.4. The Hall–Kier alpha value is -3.72. The summed E-state index contributed by atoms with van der Waals surface area (Å²) in [7, 11) is 4.33. The van der Waals surface area contributed by atoms with Gasteiger partial charge < -0.3 is 23.5 Å². The van der Waals surface area contributed by atoms with Gasteiger partial charge in [-0.3, -0.25) is 10.1 Å². The Morgan fingerprint density at radius 1 is 1.03 bits per heavy atom. The summed E-state index contributed by atoms with van der Waals surface area (Å²) in [5.74, 6) is -0.521. The summed E-state index contributed by atoms with van der Waals surface area (Å²) >= 11 is 5.94. The number of halogens is 1. The predicted octanol–water partition coefficient (Wildman–Crippen LogP) is 4.45. The van der Waals surface area contributed by atoms with Crippen LogP contribution in [-0.2, 0) is 4.74 Å². The molecule has 9 nitrogen and oxygen atoms in total. The van der Waals surface area contributed by atoms with Gasteiger partial charge in [0.2, 0.25) is 11.6 Å². The smallest absolute Gasteiger partial charge is 0.346 e. The van der Waals surface area contributed by atoms with Gasteiger partial charge in [0.15, 0.2) is 17.1 Å². The minimum atomic E-state index is -0.695. The molecule has 0 aliphatic carbocycles. The number of carbonyl (C=O) groups excluding carboxylic acids is 2. The average molecular weight is 461 g/mol. The number of benzene rings is 2. The van der Waals surface area contributed by atoms with Crippen LogP contribution in [0, 0.1) is 0 Å². The Bertz CT molecular complexity index is 1100. The van der Waals surface area contributed by atoms with Crippen LogP contribution in [0.25, 0.3) is 11.3 Å². The molecule has 3 aromatic rings. The van der Waals surface area contributed by atoms with Crippen molar-refractivity contribution in [3.05, 3.63) is 52.5 Å². The van der Waals surface area contributed by atoms with Gasteiger partial charge in [-0.25, -0.2) is 4.79 Å². The van der Waals surface area contributed by atoms with Gasteiger partial charge >= 0.3 is 5.97 Å². The third kappa shape index (κ3) is 4.62. The van der Waals surface area contributed by atoms with Crippen LogP contribution in [0.4, 0.5) is 5.88 Å². The molecule has 0 unspecified atom stereocenters. The van der Waals surface area contributed by atoms with Gasteiger partial charge in [0.25, 0.3) is 5.91 Å². The SMILES string of the molecule is CCOC(=O)c1c(-c2ccc(Cl)cc2)noc1NC(=O)c1cc(OC)c(OC)c(OC)c1. The molecule has 32 heavy (non-hydrogen) atoms. The van der Waals surface area contributed by atoms with Crippen molar-refractivity contribution >= 4 is 29.4 Å². The predicted molar refractivity (Wildman–Crippen MR) is 117 cm³/mol. The van der Waals surface area contributed by atoms with Crippen LogP contribution in [0.15, 0.2) is 40.9 Å². The van der Waals surface area contributed by atoms with Gasteiger partial charge in [-0.15, -0.1) is 0 Å². The molecule has 3 rings (SSSR count). The van der Waals surface area contributed by atoms with E-state index in [9.17, 15) is 9.59 Å². The van der Waals surface area contributed by atoms with E-state index in [2.05, 4.69) is 10.5 Å². The molecule has 0 saturated carbocycles. The van der Waals surface area contributed by atoms with Gasteiger partial charge in [0, 0.05) is 16.1 Å². The lowest BCUT2D eigenvalue weighted by atomic mass is 10.1. The number of methoxy groups -OCH3 is 3. The number of ether oxygens (including phenoxy) is 4. The molecule has 0 radical (unpaired) electrons. The van der Waals surface area contributed by atoms with Crippen molar-refractivity contribution < 1.29 is 33.1 Å². The zero-order chi connectivity index (χ0) is 23.3. The lowest BCUT2D eigenvalue weighted by Gasteiger charge is -2.13. The van der Waals surface area contributed by atoms with E-state index in [0.29, 0.717) is 27.8 Å². The highest BCUT2D eigenvalue weighted by Crippen LogP contribution is 2.38. The summed E-state index contributed by atoms with van der Waals surface area (Å²) in [5.41, 5.74) is 0.934. The van der Waals surface area contributed by atoms with Crippen molar-refractivity contribution in [2.24, 2.45) is 0 Å². The molecule has 0 bridgehead atoms. The van der Waals surface area contributed by atoms with Crippen LogP contribution in [0.1, 0.15) is 27.6 Å². The average Bonchev–Trinajstić information content (AvgIpc) is 3.22. The summed E-state index contributed by atoms with van der Waals surface area (Å²) in [4.78, 5) is 25.6. The van der Waals surface area contributed by atoms with E-state index in [1.807, 2.05) is 0 Å². The van der Waals surface area contributed by atoms with Crippen LogP contribution in [-0.4, -0.2) is 45.0 Å². The molecule has 0 spiro atoms. The standard InChI is InChI=1S/C22H21ClN2O7/c1-5-31-22(27)17-18(12-6-8-14(23)9-7-12)25-32-21(17)24-20(26)13-10-15(28-2)19(30-4)16(11-13)29-3/h6-11H,5H2,1-4H3,(H,24,26). The van der Waals surface area contributed by atoms with E-state index in [0.717, 1.165) is 0 Å². The third-order valence-electron chi connectivity index (χ3n) is 4.44. The van der Waals surface area contributed by atoms with Crippen molar-refractivity contribution in [1.29, 1.82) is 0 Å².